The lowest BCUT2D eigenvalue weighted by atomic mass is 10.1. The number of nitrogens with one attached hydrogen (secondary N) is 2. The summed E-state index contributed by atoms with van der Waals surface area (Å²) in [6.07, 6.45) is 1.57. The van der Waals surface area contributed by atoms with E-state index < -0.39 is 0 Å². The van der Waals surface area contributed by atoms with Gasteiger partial charge in [0, 0.05) is 31.9 Å². The number of para-hydroxylation sites is 1. The van der Waals surface area contributed by atoms with Gasteiger partial charge in [0.1, 0.15) is 5.39 Å². The van der Waals surface area contributed by atoms with Gasteiger partial charge < -0.3 is 10.2 Å². The van der Waals surface area contributed by atoms with Crippen LogP contribution in [0.3, 0.4) is 0 Å². The molecule has 0 aliphatic carbocycles. The van der Waals surface area contributed by atoms with Gasteiger partial charge in [0.05, 0.1) is 18.3 Å². The number of H-pyrrole nitrogens is 1. The number of piperazine rings is 1. The quantitative estimate of drug-likeness (QED) is 0.650. The molecule has 1 aliphatic rings. The highest BCUT2D eigenvalue weighted by atomic mass is 16.2. The Hall–Kier alpha value is -3.20. The Bertz CT molecular complexity index is 1180. The number of aromatic nitrogens is 4. The summed E-state index contributed by atoms with van der Waals surface area (Å²) in [6, 6.07) is 5.99. The average molecular weight is 438 g/mol. The molecule has 3 heterocycles. The van der Waals surface area contributed by atoms with Crippen LogP contribution in [-0.2, 0) is 10.3 Å². The molecule has 1 aliphatic heterocycles. The maximum atomic E-state index is 12.6. The molecule has 0 saturated carbocycles. The highest BCUT2D eigenvalue weighted by Gasteiger charge is 2.24. The third-order valence-electron chi connectivity index (χ3n) is 5.85. The molecule has 2 N–H and O–H groups in total. The number of hydrogen-bond acceptors (Lipinski definition) is 6. The Morgan fingerprint density at radius 2 is 1.78 bits per heavy atom. The van der Waals surface area contributed by atoms with E-state index >= 15 is 0 Å². The molecule has 1 aromatic carbocycles. The van der Waals surface area contributed by atoms with Gasteiger partial charge in [0.25, 0.3) is 5.56 Å². The number of hydrogen-bond donors (Lipinski definition) is 2. The molecule has 32 heavy (non-hydrogen) atoms. The summed E-state index contributed by atoms with van der Waals surface area (Å²) in [5, 5.41) is 7.91. The van der Waals surface area contributed by atoms with Crippen molar-refractivity contribution < 1.29 is 4.79 Å². The van der Waals surface area contributed by atoms with Crippen molar-refractivity contribution >= 4 is 28.6 Å². The summed E-state index contributed by atoms with van der Waals surface area (Å²) < 4.78 is 1.79. The molecule has 1 amide bonds. The number of amides is 1. The minimum absolute atomic E-state index is 0.0159. The van der Waals surface area contributed by atoms with Gasteiger partial charge in [0.15, 0.2) is 5.65 Å². The SMILES string of the molecule is Cc1cccc(C)c1NC(=O)CN1CCN(c2nc3c(cnn3C(C)(C)C)c(=O)[nH]2)CC1. The first kappa shape index (κ1) is 22.0. The zero-order valence-corrected chi connectivity index (χ0v) is 19.4. The van der Waals surface area contributed by atoms with Gasteiger partial charge in [-0.15, -0.1) is 0 Å². The molecule has 2 aromatic heterocycles. The van der Waals surface area contributed by atoms with E-state index in [1.54, 1.807) is 10.9 Å². The second-order valence-corrected chi connectivity index (χ2v) is 9.43. The van der Waals surface area contributed by atoms with Gasteiger partial charge in [-0.2, -0.15) is 10.1 Å². The third-order valence-corrected chi connectivity index (χ3v) is 5.85. The fraction of sp³-hybridized carbons (Fsp3) is 0.478. The Morgan fingerprint density at radius 1 is 1.12 bits per heavy atom. The first-order chi connectivity index (χ1) is 15.1. The summed E-state index contributed by atoms with van der Waals surface area (Å²) in [5.74, 6) is 0.533. The predicted octanol–water partition coefficient (Wildman–Crippen LogP) is 2.25. The molecule has 0 atom stereocenters. The molecule has 0 radical (unpaired) electrons. The zero-order chi connectivity index (χ0) is 23.0. The van der Waals surface area contributed by atoms with Crippen LogP contribution in [0.1, 0.15) is 31.9 Å². The summed E-state index contributed by atoms with van der Waals surface area (Å²) >= 11 is 0. The van der Waals surface area contributed by atoms with E-state index in [1.165, 1.54) is 0 Å². The van der Waals surface area contributed by atoms with Gasteiger partial charge in [-0.25, -0.2) is 4.68 Å². The van der Waals surface area contributed by atoms with E-state index in [0.717, 1.165) is 16.8 Å². The van der Waals surface area contributed by atoms with Crippen molar-refractivity contribution in [3.63, 3.8) is 0 Å². The molecule has 3 aromatic rings. The summed E-state index contributed by atoms with van der Waals surface area (Å²) in [4.78, 5) is 37.0. The number of carbonyl (C=O) groups is 1. The van der Waals surface area contributed by atoms with Crippen molar-refractivity contribution in [3.05, 3.63) is 45.9 Å². The van der Waals surface area contributed by atoms with E-state index in [4.69, 9.17) is 4.98 Å². The minimum Gasteiger partial charge on any atom is -0.340 e. The number of anilines is 2. The first-order valence-corrected chi connectivity index (χ1v) is 11.0. The Morgan fingerprint density at radius 3 is 2.41 bits per heavy atom. The topological polar surface area (TPSA) is 99.2 Å². The highest BCUT2D eigenvalue weighted by Crippen LogP contribution is 2.21. The summed E-state index contributed by atoms with van der Waals surface area (Å²) in [7, 11) is 0. The van der Waals surface area contributed by atoms with Crippen molar-refractivity contribution in [2.24, 2.45) is 0 Å². The Balaban J connectivity index is 1.42. The van der Waals surface area contributed by atoms with Crippen LogP contribution in [0.2, 0.25) is 0 Å². The second kappa shape index (κ2) is 8.38. The fourth-order valence-corrected chi connectivity index (χ4v) is 4.06. The van der Waals surface area contributed by atoms with Crippen LogP contribution in [0.15, 0.2) is 29.2 Å². The Kier molecular flexibility index (Phi) is 5.77. The minimum atomic E-state index is -0.276. The standard InChI is InChI=1S/C23H31N7O2/c1-15-7-6-8-16(2)19(15)25-18(31)14-28-9-11-29(12-10-28)22-26-20-17(21(32)27-22)13-24-30(20)23(3,4)5/h6-8,13H,9-12,14H2,1-5H3,(H,25,31)(H,26,27,32). The number of fused-ring (bicyclic) bond motifs is 1. The molecule has 4 rings (SSSR count). The number of nitrogens with zero attached hydrogens (tertiary/aromatic N) is 5. The summed E-state index contributed by atoms with van der Waals surface area (Å²) in [5.41, 5.74) is 3.14. The molecule has 1 fully saturated rings. The van der Waals surface area contributed by atoms with Gasteiger partial charge >= 0.3 is 0 Å². The van der Waals surface area contributed by atoms with E-state index in [1.807, 2.05) is 52.8 Å². The molecule has 0 bridgehead atoms. The van der Waals surface area contributed by atoms with Gasteiger partial charge in [-0.3, -0.25) is 19.5 Å². The molecule has 9 heteroatoms. The maximum absolute atomic E-state index is 12.6. The van der Waals surface area contributed by atoms with Crippen molar-refractivity contribution in [2.75, 3.05) is 42.9 Å². The summed E-state index contributed by atoms with van der Waals surface area (Å²) in [6.45, 7) is 13.2. The van der Waals surface area contributed by atoms with Crippen LogP contribution in [0.25, 0.3) is 11.0 Å². The zero-order valence-electron chi connectivity index (χ0n) is 19.4. The van der Waals surface area contributed by atoms with Gasteiger partial charge in [-0.05, 0) is 45.7 Å². The lowest BCUT2D eigenvalue weighted by molar-refractivity contribution is -0.117. The number of aryl methyl sites for hydroxylation is 2. The van der Waals surface area contributed by atoms with Crippen molar-refractivity contribution in [1.82, 2.24) is 24.6 Å². The molecule has 9 nitrogen and oxygen atoms in total. The second-order valence-electron chi connectivity index (χ2n) is 9.43. The lowest BCUT2D eigenvalue weighted by Gasteiger charge is -2.34. The van der Waals surface area contributed by atoms with Crippen molar-refractivity contribution in [3.8, 4) is 0 Å². The Labute approximate surface area is 187 Å². The van der Waals surface area contributed by atoms with E-state index in [9.17, 15) is 9.59 Å². The largest absolute Gasteiger partial charge is 0.340 e. The predicted molar refractivity (Wildman–Crippen MR) is 126 cm³/mol. The lowest BCUT2D eigenvalue weighted by Crippen LogP contribution is -2.49. The fourth-order valence-electron chi connectivity index (χ4n) is 4.06. The van der Waals surface area contributed by atoms with Crippen LogP contribution in [0.4, 0.5) is 11.6 Å². The molecule has 0 unspecified atom stereocenters. The van der Waals surface area contributed by atoms with Crippen LogP contribution < -0.4 is 15.8 Å². The number of benzene rings is 1. The molecule has 0 spiro atoms. The first-order valence-electron chi connectivity index (χ1n) is 11.0. The van der Waals surface area contributed by atoms with Crippen molar-refractivity contribution in [2.45, 2.75) is 40.2 Å². The van der Waals surface area contributed by atoms with Gasteiger partial charge in [-0.1, -0.05) is 18.2 Å². The van der Waals surface area contributed by atoms with Gasteiger partial charge in [0.2, 0.25) is 11.9 Å². The highest BCUT2D eigenvalue weighted by molar-refractivity contribution is 5.93. The normalized spacial score (nSPS) is 15.3. The molecular formula is C23H31N7O2. The van der Waals surface area contributed by atoms with Crippen LogP contribution in [0, 0.1) is 13.8 Å². The van der Waals surface area contributed by atoms with E-state index in [-0.39, 0.29) is 17.0 Å². The van der Waals surface area contributed by atoms with E-state index in [2.05, 4.69) is 25.2 Å². The van der Waals surface area contributed by atoms with E-state index in [0.29, 0.717) is 49.7 Å². The number of rotatable bonds is 4. The molecule has 170 valence electrons. The number of aromatic amines is 1. The molecule has 1 saturated heterocycles. The molecular weight excluding hydrogens is 406 g/mol. The monoisotopic (exact) mass is 437 g/mol. The van der Waals surface area contributed by atoms with Crippen LogP contribution in [0.5, 0.6) is 0 Å². The van der Waals surface area contributed by atoms with Crippen molar-refractivity contribution in [1.29, 1.82) is 0 Å². The number of carbonyl (C=O) groups excluding carboxylic acids is 1. The third kappa shape index (κ3) is 4.38. The maximum Gasteiger partial charge on any atom is 0.263 e. The van der Waals surface area contributed by atoms with Crippen LogP contribution in [-0.4, -0.2) is 63.3 Å². The smallest absolute Gasteiger partial charge is 0.263 e. The van der Waals surface area contributed by atoms with Crippen LogP contribution >= 0.6 is 0 Å². The average Bonchev–Trinajstić information content (AvgIpc) is 3.17.